The van der Waals surface area contributed by atoms with Crippen LogP contribution in [0.4, 0.5) is 5.69 Å². The molecule has 0 saturated carbocycles. The fraction of sp³-hybridized carbons (Fsp3) is 0.222. The molecule has 0 fully saturated rings. The minimum Gasteiger partial charge on any atom is -0.399 e. The molecule has 13 heavy (non-hydrogen) atoms. The molecular formula is C9H12ClN3. The monoisotopic (exact) mass is 197 g/mol. The first kappa shape index (κ1) is 9.86. The molecule has 0 amide bonds. The molecule has 0 aliphatic carbocycles. The Hall–Kier alpha value is -1.22. The molecule has 70 valence electrons. The number of fused-ring (bicyclic) bond motifs is 1. The van der Waals surface area contributed by atoms with Gasteiger partial charge in [0.15, 0.2) is 0 Å². The quantitative estimate of drug-likeness (QED) is 0.656. The molecule has 0 unspecified atom stereocenters. The van der Waals surface area contributed by atoms with Crippen molar-refractivity contribution in [2.45, 2.75) is 6.92 Å². The highest BCUT2D eigenvalue weighted by Gasteiger charge is 2.03. The predicted octanol–water partition coefficient (Wildman–Crippen LogP) is 1.89. The molecule has 0 aliphatic rings. The van der Waals surface area contributed by atoms with E-state index in [9.17, 15) is 0 Å². The van der Waals surface area contributed by atoms with Gasteiger partial charge in [0.2, 0.25) is 0 Å². The Kier molecular flexibility index (Phi) is 2.48. The third-order valence-corrected chi connectivity index (χ3v) is 2.15. The number of aromatic nitrogens is 2. The van der Waals surface area contributed by atoms with Gasteiger partial charge in [-0.25, -0.2) is 0 Å². The second kappa shape index (κ2) is 3.26. The average Bonchev–Trinajstić information content (AvgIpc) is 2.28. The van der Waals surface area contributed by atoms with Crippen LogP contribution >= 0.6 is 12.4 Å². The fourth-order valence-electron chi connectivity index (χ4n) is 1.35. The van der Waals surface area contributed by atoms with Gasteiger partial charge in [0.05, 0.1) is 5.52 Å². The number of benzene rings is 1. The third kappa shape index (κ3) is 1.47. The Bertz CT molecular complexity index is 434. The van der Waals surface area contributed by atoms with Gasteiger partial charge < -0.3 is 5.73 Å². The zero-order chi connectivity index (χ0) is 8.72. The van der Waals surface area contributed by atoms with Gasteiger partial charge >= 0.3 is 0 Å². The predicted molar refractivity (Wildman–Crippen MR) is 57.1 cm³/mol. The van der Waals surface area contributed by atoms with Gasteiger partial charge in [-0.15, -0.1) is 12.4 Å². The van der Waals surface area contributed by atoms with Gasteiger partial charge in [-0.1, -0.05) is 0 Å². The van der Waals surface area contributed by atoms with Gasteiger partial charge in [-0.2, -0.15) is 5.10 Å². The van der Waals surface area contributed by atoms with Crippen molar-refractivity contribution in [2.75, 3.05) is 5.73 Å². The first-order valence-corrected chi connectivity index (χ1v) is 3.87. The molecule has 3 nitrogen and oxygen atoms in total. The van der Waals surface area contributed by atoms with Gasteiger partial charge in [-0.05, 0) is 25.1 Å². The molecular weight excluding hydrogens is 186 g/mol. The summed E-state index contributed by atoms with van der Waals surface area (Å²) in [6, 6.07) is 5.80. The van der Waals surface area contributed by atoms with Crippen LogP contribution in [-0.2, 0) is 7.05 Å². The number of nitrogen functional groups attached to an aromatic ring is 1. The Labute approximate surface area is 82.9 Å². The largest absolute Gasteiger partial charge is 0.399 e. The Balaban J connectivity index is 0.000000845. The highest BCUT2D eigenvalue weighted by Crippen LogP contribution is 2.18. The number of anilines is 1. The third-order valence-electron chi connectivity index (χ3n) is 2.15. The minimum absolute atomic E-state index is 0. The van der Waals surface area contributed by atoms with Crippen LogP contribution in [0.2, 0.25) is 0 Å². The molecule has 0 aliphatic heterocycles. The molecule has 0 bridgehead atoms. The summed E-state index contributed by atoms with van der Waals surface area (Å²) in [5, 5.41) is 5.48. The zero-order valence-corrected chi connectivity index (χ0v) is 8.43. The van der Waals surface area contributed by atoms with E-state index in [-0.39, 0.29) is 12.4 Å². The normalized spacial score (nSPS) is 10.0. The SMILES string of the molecule is Cc1c2ccc(N)cc2nn1C.Cl. The summed E-state index contributed by atoms with van der Waals surface area (Å²) in [6.45, 7) is 2.05. The second-order valence-corrected chi connectivity index (χ2v) is 2.99. The molecule has 0 spiro atoms. The molecule has 4 heteroatoms. The van der Waals surface area contributed by atoms with E-state index in [0.717, 1.165) is 11.2 Å². The molecule has 2 N–H and O–H groups in total. The van der Waals surface area contributed by atoms with Crippen molar-refractivity contribution in [1.29, 1.82) is 0 Å². The minimum atomic E-state index is 0. The summed E-state index contributed by atoms with van der Waals surface area (Å²) in [7, 11) is 1.94. The van der Waals surface area contributed by atoms with E-state index in [4.69, 9.17) is 5.73 Å². The maximum atomic E-state index is 5.63. The van der Waals surface area contributed by atoms with E-state index in [1.165, 1.54) is 11.1 Å². The van der Waals surface area contributed by atoms with E-state index >= 15 is 0 Å². The highest BCUT2D eigenvalue weighted by molar-refractivity contribution is 5.85. The van der Waals surface area contributed by atoms with Crippen molar-refractivity contribution in [1.82, 2.24) is 9.78 Å². The van der Waals surface area contributed by atoms with Crippen molar-refractivity contribution < 1.29 is 0 Å². The van der Waals surface area contributed by atoms with Crippen molar-refractivity contribution in [3.8, 4) is 0 Å². The topological polar surface area (TPSA) is 43.8 Å². The van der Waals surface area contributed by atoms with E-state index in [2.05, 4.69) is 5.10 Å². The number of nitrogens with two attached hydrogens (primary N) is 1. The molecule has 0 radical (unpaired) electrons. The number of hydrogen-bond acceptors (Lipinski definition) is 2. The van der Waals surface area contributed by atoms with Crippen LogP contribution in [0.1, 0.15) is 5.69 Å². The number of aryl methyl sites for hydroxylation is 2. The van der Waals surface area contributed by atoms with Crippen molar-refractivity contribution in [3.63, 3.8) is 0 Å². The standard InChI is InChI=1S/C9H11N3.ClH/c1-6-8-4-3-7(10)5-9(8)11-12(6)2;/h3-5H,10H2,1-2H3;1H. The number of halogens is 1. The molecule has 1 heterocycles. The highest BCUT2D eigenvalue weighted by atomic mass is 35.5. The molecule has 2 rings (SSSR count). The Morgan fingerprint density at radius 3 is 2.77 bits per heavy atom. The van der Waals surface area contributed by atoms with E-state index < -0.39 is 0 Å². The molecule has 1 aromatic heterocycles. The molecule has 2 aromatic rings. The fourth-order valence-corrected chi connectivity index (χ4v) is 1.35. The van der Waals surface area contributed by atoms with Gasteiger partial charge in [0, 0.05) is 23.8 Å². The summed E-state index contributed by atoms with van der Waals surface area (Å²) in [4.78, 5) is 0. The van der Waals surface area contributed by atoms with Gasteiger partial charge in [0.25, 0.3) is 0 Å². The van der Waals surface area contributed by atoms with Crippen LogP contribution in [-0.4, -0.2) is 9.78 Å². The van der Waals surface area contributed by atoms with Crippen LogP contribution in [0.25, 0.3) is 10.9 Å². The zero-order valence-electron chi connectivity index (χ0n) is 7.61. The molecule has 0 atom stereocenters. The Morgan fingerprint density at radius 1 is 1.38 bits per heavy atom. The lowest BCUT2D eigenvalue weighted by Crippen LogP contribution is -1.91. The van der Waals surface area contributed by atoms with Gasteiger partial charge in [-0.3, -0.25) is 4.68 Å². The number of nitrogens with zero attached hydrogens (tertiary/aromatic N) is 2. The summed E-state index contributed by atoms with van der Waals surface area (Å²) in [6.07, 6.45) is 0. The van der Waals surface area contributed by atoms with Gasteiger partial charge in [0.1, 0.15) is 0 Å². The maximum Gasteiger partial charge on any atom is 0.0946 e. The van der Waals surface area contributed by atoms with Crippen LogP contribution in [0.3, 0.4) is 0 Å². The van der Waals surface area contributed by atoms with Crippen LogP contribution in [0.5, 0.6) is 0 Å². The Morgan fingerprint density at radius 2 is 2.08 bits per heavy atom. The maximum absolute atomic E-state index is 5.63. The van der Waals surface area contributed by atoms with Crippen LogP contribution in [0, 0.1) is 6.92 Å². The van der Waals surface area contributed by atoms with Crippen molar-refractivity contribution in [3.05, 3.63) is 23.9 Å². The first-order valence-electron chi connectivity index (χ1n) is 3.87. The van der Waals surface area contributed by atoms with Crippen LogP contribution < -0.4 is 5.73 Å². The smallest absolute Gasteiger partial charge is 0.0946 e. The van der Waals surface area contributed by atoms with Crippen molar-refractivity contribution in [2.24, 2.45) is 7.05 Å². The molecule has 0 saturated heterocycles. The summed E-state index contributed by atoms with van der Waals surface area (Å²) in [5.74, 6) is 0. The molecule has 1 aromatic carbocycles. The van der Waals surface area contributed by atoms with E-state index in [1.54, 1.807) is 0 Å². The average molecular weight is 198 g/mol. The lowest BCUT2D eigenvalue weighted by atomic mass is 10.2. The van der Waals surface area contributed by atoms with E-state index in [1.807, 2.05) is 36.9 Å². The summed E-state index contributed by atoms with van der Waals surface area (Å²) >= 11 is 0. The lowest BCUT2D eigenvalue weighted by molar-refractivity contribution is 0.751. The van der Waals surface area contributed by atoms with Crippen LogP contribution in [0.15, 0.2) is 18.2 Å². The summed E-state index contributed by atoms with van der Waals surface area (Å²) in [5.41, 5.74) is 8.54. The number of hydrogen-bond donors (Lipinski definition) is 1. The van der Waals surface area contributed by atoms with Crippen molar-refractivity contribution >= 4 is 29.0 Å². The summed E-state index contributed by atoms with van der Waals surface area (Å²) < 4.78 is 1.87. The number of rotatable bonds is 0. The second-order valence-electron chi connectivity index (χ2n) is 2.99. The first-order chi connectivity index (χ1) is 5.68. The lowest BCUT2D eigenvalue weighted by Gasteiger charge is -1.92. The van der Waals surface area contributed by atoms with E-state index in [0.29, 0.717) is 0 Å².